The van der Waals surface area contributed by atoms with Gasteiger partial charge in [-0.05, 0) is 73.1 Å². The van der Waals surface area contributed by atoms with Crippen LogP contribution >= 0.6 is 0 Å². The van der Waals surface area contributed by atoms with Gasteiger partial charge in [0.2, 0.25) is 0 Å². The minimum atomic E-state index is -0.871. The highest BCUT2D eigenvalue weighted by atomic mass is 16.3. The van der Waals surface area contributed by atoms with E-state index in [1.807, 2.05) is 6.08 Å². The van der Waals surface area contributed by atoms with Crippen LogP contribution in [0.5, 0.6) is 0 Å². The molecule has 22 heavy (non-hydrogen) atoms. The lowest BCUT2D eigenvalue weighted by molar-refractivity contribution is -0.0345. The number of aliphatic hydroxyl groups is 2. The molecule has 1 aliphatic rings. The van der Waals surface area contributed by atoms with Crippen LogP contribution in [-0.4, -0.2) is 21.9 Å². The molecule has 0 fully saturated rings. The van der Waals surface area contributed by atoms with Gasteiger partial charge >= 0.3 is 0 Å². The Morgan fingerprint density at radius 2 is 1.41 bits per heavy atom. The molecule has 1 unspecified atom stereocenters. The minimum absolute atomic E-state index is 0.133. The van der Waals surface area contributed by atoms with Crippen molar-refractivity contribution in [2.45, 2.75) is 84.8 Å². The quantitative estimate of drug-likeness (QED) is 0.674. The zero-order valence-corrected chi connectivity index (χ0v) is 15.0. The topological polar surface area (TPSA) is 40.5 Å². The Kier molecular flexibility index (Phi) is 7.58. The summed E-state index contributed by atoms with van der Waals surface area (Å²) in [7, 11) is 0. The summed E-state index contributed by atoms with van der Waals surface area (Å²) in [6, 6.07) is 0. The van der Waals surface area contributed by atoms with E-state index in [2.05, 4.69) is 32.9 Å². The highest BCUT2D eigenvalue weighted by molar-refractivity contribution is 5.10. The second-order valence-electron chi connectivity index (χ2n) is 7.48. The number of hydrogen-bond acceptors (Lipinski definition) is 2. The Bertz CT molecular complexity index is 435. The van der Waals surface area contributed by atoms with Crippen LogP contribution in [0.3, 0.4) is 0 Å². The zero-order chi connectivity index (χ0) is 16.8. The lowest BCUT2D eigenvalue weighted by atomic mass is 9.81. The molecule has 0 aromatic heterocycles. The van der Waals surface area contributed by atoms with Crippen molar-refractivity contribution >= 4 is 0 Å². The fourth-order valence-corrected chi connectivity index (χ4v) is 3.11. The highest BCUT2D eigenvalue weighted by Gasteiger charge is 2.31. The van der Waals surface area contributed by atoms with Gasteiger partial charge < -0.3 is 10.2 Å². The van der Waals surface area contributed by atoms with E-state index in [-0.39, 0.29) is 5.92 Å². The van der Waals surface area contributed by atoms with Crippen LogP contribution in [0.2, 0.25) is 0 Å². The van der Waals surface area contributed by atoms with Gasteiger partial charge in [0.15, 0.2) is 0 Å². The molecular weight excluding hydrogens is 272 g/mol. The van der Waals surface area contributed by atoms with Crippen LogP contribution in [0, 0.1) is 5.92 Å². The van der Waals surface area contributed by atoms with E-state index in [1.165, 1.54) is 16.7 Å². The third-order valence-corrected chi connectivity index (χ3v) is 4.69. The fourth-order valence-electron chi connectivity index (χ4n) is 3.11. The van der Waals surface area contributed by atoms with E-state index in [0.29, 0.717) is 0 Å². The Hall–Kier alpha value is -0.860. The monoisotopic (exact) mass is 306 g/mol. The smallest absolute Gasteiger partial charge is 0.0778 e. The number of aliphatic hydroxyl groups excluding tert-OH is 1. The molecule has 2 nitrogen and oxygen atoms in total. The lowest BCUT2D eigenvalue weighted by Crippen LogP contribution is -2.38. The van der Waals surface area contributed by atoms with Gasteiger partial charge in [-0.1, -0.05) is 34.9 Å². The molecule has 0 amide bonds. The Morgan fingerprint density at radius 1 is 0.909 bits per heavy atom. The standard InChI is InChI=1S/C20H34O2/c1-15-8-6-10-16(2)12-13-18(20(4,5)22)19(21)14-17(3)11-7-9-15/h9-10,14,18-19,21-22H,6-8,11-13H2,1-5H3/b15-9+,16-10+,17-14+/t18?,19-/m0/s1. The first kappa shape index (κ1) is 19.2. The zero-order valence-electron chi connectivity index (χ0n) is 15.0. The van der Waals surface area contributed by atoms with Gasteiger partial charge in [0.25, 0.3) is 0 Å². The van der Waals surface area contributed by atoms with Gasteiger partial charge in [-0.25, -0.2) is 0 Å². The van der Waals surface area contributed by atoms with Crippen molar-refractivity contribution in [3.8, 4) is 0 Å². The van der Waals surface area contributed by atoms with Crippen molar-refractivity contribution in [3.63, 3.8) is 0 Å². The SMILES string of the molecule is C/C1=C\CC/C(C)=C/[C@H](O)C(C(C)(C)O)CC/C(C)=C/CC1. The normalized spacial score (nSPS) is 33.7. The molecule has 2 heteroatoms. The summed E-state index contributed by atoms with van der Waals surface area (Å²) in [6.45, 7) is 10.0. The molecule has 1 rings (SSSR count). The second kappa shape index (κ2) is 8.69. The van der Waals surface area contributed by atoms with Crippen molar-refractivity contribution in [2.75, 3.05) is 0 Å². The summed E-state index contributed by atoms with van der Waals surface area (Å²) < 4.78 is 0. The van der Waals surface area contributed by atoms with Crippen molar-refractivity contribution in [1.29, 1.82) is 0 Å². The average Bonchev–Trinajstić information content (AvgIpc) is 2.36. The number of allylic oxidation sites excluding steroid dienone is 5. The first-order valence-corrected chi connectivity index (χ1v) is 8.59. The first-order chi connectivity index (χ1) is 10.2. The van der Waals surface area contributed by atoms with Gasteiger partial charge in [0.05, 0.1) is 11.7 Å². The van der Waals surface area contributed by atoms with Crippen molar-refractivity contribution in [2.24, 2.45) is 5.92 Å². The van der Waals surface area contributed by atoms with E-state index < -0.39 is 11.7 Å². The van der Waals surface area contributed by atoms with Gasteiger partial charge in [0.1, 0.15) is 0 Å². The molecule has 0 radical (unpaired) electrons. The molecule has 1 aliphatic carbocycles. The average molecular weight is 306 g/mol. The highest BCUT2D eigenvalue weighted by Crippen LogP contribution is 2.29. The van der Waals surface area contributed by atoms with Crippen LogP contribution in [0.1, 0.15) is 73.1 Å². The Balaban J connectivity index is 2.96. The molecular formula is C20H34O2. The molecule has 126 valence electrons. The number of hydrogen-bond donors (Lipinski definition) is 2. The summed E-state index contributed by atoms with van der Waals surface area (Å²) in [6.07, 6.45) is 11.9. The second-order valence-corrected chi connectivity index (χ2v) is 7.48. The summed E-state index contributed by atoms with van der Waals surface area (Å²) in [5.41, 5.74) is 3.13. The molecule has 0 saturated heterocycles. The molecule has 0 heterocycles. The van der Waals surface area contributed by atoms with Crippen LogP contribution in [0.4, 0.5) is 0 Å². The molecule has 2 N–H and O–H groups in total. The van der Waals surface area contributed by atoms with Gasteiger partial charge in [0, 0.05) is 5.92 Å². The summed E-state index contributed by atoms with van der Waals surface area (Å²) in [5.74, 6) is -0.133. The summed E-state index contributed by atoms with van der Waals surface area (Å²) in [4.78, 5) is 0. The minimum Gasteiger partial charge on any atom is -0.390 e. The molecule has 2 atom stereocenters. The number of rotatable bonds is 1. The predicted molar refractivity (Wildman–Crippen MR) is 94.8 cm³/mol. The molecule has 0 saturated carbocycles. The predicted octanol–water partition coefficient (Wildman–Crippen LogP) is 4.93. The van der Waals surface area contributed by atoms with Crippen molar-refractivity contribution in [1.82, 2.24) is 0 Å². The van der Waals surface area contributed by atoms with E-state index in [0.717, 1.165) is 38.5 Å². The molecule has 0 aromatic rings. The van der Waals surface area contributed by atoms with Gasteiger partial charge in [-0.3, -0.25) is 0 Å². The van der Waals surface area contributed by atoms with E-state index in [9.17, 15) is 10.2 Å². The third kappa shape index (κ3) is 6.93. The molecule has 0 spiro atoms. The van der Waals surface area contributed by atoms with Crippen LogP contribution < -0.4 is 0 Å². The molecule has 0 aromatic carbocycles. The lowest BCUT2D eigenvalue weighted by Gasteiger charge is -2.32. The molecule has 0 bridgehead atoms. The Morgan fingerprint density at radius 3 is 1.95 bits per heavy atom. The summed E-state index contributed by atoms with van der Waals surface area (Å²) >= 11 is 0. The van der Waals surface area contributed by atoms with Crippen LogP contribution in [0.25, 0.3) is 0 Å². The largest absolute Gasteiger partial charge is 0.390 e. The van der Waals surface area contributed by atoms with E-state index in [1.54, 1.807) is 13.8 Å². The maximum absolute atomic E-state index is 10.6. The summed E-state index contributed by atoms with van der Waals surface area (Å²) in [5, 5.41) is 21.0. The maximum atomic E-state index is 10.6. The Labute approximate surface area is 136 Å². The van der Waals surface area contributed by atoms with Gasteiger partial charge in [-0.2, -0.15) is 0 Å². The van der Waals surface area contributed by atoms with E-state index >= 15 is 0 Å². The molecule has 0 aliphatic heterocycles. The van der Waals surface area contributed by atoms with Crippen LogP contribution in [-0.2, 0) is 0 Å². The maximum Gasteiger partial charge on any atom is 0.0778 e. The van der Waals surface area contributed by atoms with Crippen molar-refractivity contribution in [3.05, 3.63) is 34.9 Å². The third-order valence-electron chi connectivity index (χ3n) is 4.69. The van der Waals surface area contributed by atoms with Gasteiger partial charge in [-0.15, -0.1) is 0 Å². The van der Waals surface area contributed by atoms with E-state index in [4.69, 9.17) is 0 Å². The fraction of sp³-hybridized carbons (Fsp3) is 0.700. The first-order valence-electron chi connectivity index (χ1n) is 8.59. The van der Waals surface area contributed by atoms with Crippen molar-refractivity contribution < 1.29 is 10.2 Å². The van der Waals surface area contributed by atoms with Crippen LogP contribution in [0.15, 0.2) is 34.9 Å².